The van der Waals surface area contributed by atoms with E-state index in [1.165, 1.54) is 6.07 Å². The summed E-state index contributed by atoms with van der Waals surface area (Å²) in [5.41, 5.74) is 15.3. The molecular weight excluding hydrogens is 246 g/mol. The lowest BCUT2D eigenvalue weighted by Crippen LogP contribution is -2.26. The highest BCUT2D eigenvalue weighted by atomic mass is 16.2. The van der Waals surface area contributed by atoms with Gasteiger partial charge in [-0.3, -0.25) is 14.4 Å². The molecule has 0 saturated carbocycles. The Kier molecular flexibility index (Phi) is 2.92. The summed E-state index contributed by atoms with van der Waals surface area (Å²) in [6, 6.07) is 8.13. The van der Waals surface area contributed by atoms with Crippen molar-refractivity contribution in [3.05, 3.63) is 47.0 Å². The molecule has 0 unspecified atom stereocenters. The van der Waals surface area contributed by atoms with Crippen molar-refractivity contribution in [2.45, 2.75) is 0 Å². The summed E-state index contributed by atoms with van der Waals surface area (Å²) in [5.74, 6) is -2.61. The van der Waals surface area contributed by atoms with Gasteiger partial charge in [0.2, 0.25) is 17.7 Å². The molecule has 0 atom stereocenters. The Morgan fingerprint density at radius 3 is 1.89 bits per heavy atom. The van der Waals surface area contributed by atoms with Gasteiger partial charge in [0.15, 0.2) is 0 Å². The summed E-state index contributed by atoms with van der Waals surface area (Å²) in [4.78, 5) is 34.5. The lowest BCUT2D eigenvalue weighted by Gasteiger charge is -2.11. The zero-order valence-electron chi connectivity index (χ0n) is 9.84. The van der Waals surface area contributed by atoms with Gasteiger partial charge in [0, 0.05) is 0 Å². The average Bonchev–Trinajstić information content (AvgIpc) is 2.35. The Balaban J connectivity index is 3.04. The normalized spacial score (nSPS) is 10.3. The maximum atomic E-state index is 11.6. The molecule has 0 spiro atoms. The largest absolute Gasteiger partial charge is 0.366 e. The van der Waals surface area contributed by atoms with Crippen LogP contribution >= 0.6 is 0 Å². The minimum Gasteiger partial charge on any atom is -0.366 e. The number of amides is 3. The molecule has 0 heterocycles. The van der Waals surface area contributed by atoms with Crippen LogP contribution in [0.5, 0.6) is 0 Å². The highest BCUT2D eigenvalue weighted by Crippen LogP contribution is 2.25. The van der Waals surface area contributed by atoms with Crippen LogP contribution in [-0.4, -0.2) is 17.7 Å². The first-order valence-electron chi connectivity index (χ1n) is 5.38. The first-order valence-corrected chi connectivity index (χ1v) is 5.38. The summed E-state index contributed by atoms with van der Waals surface area (Å²) in [6.45, 7) is 0. The van der Waals surface area contributed by atoms with Gasteiger partial charge >= 0.3 is 0 Å². The maximum Gasteiger partial charge on any atom is 0.250 e. The molecular formula is C13H11N3O3. The molecule has 0 radical (unpaired) electrons. The van der Waals surface area contributed by atoms with Crippen LogP contribution < -0.4 is 17.2 Å². The predicted molar refractivity (Wildman–Crippen MR) is 69.5 cm³/mol. The van der Waals surface area contributed by atoms with Crippen molar-refractivity contribution >= 4 is 28.5 Å². The van der Waals surface area contributed by atoms with Crippen molar-refractivity contribution in [1.29, 1.82) is 0 Å². The number of fused-ring (bicyclic) bond motifs is 1. The molecule has 0 aliphatic heterocycles. The van der Waals surface area contributed by atoms with E-state index in [0.29, 0.717) is 10.8 Å². The van der Waals surface area contributed by atoms with Crippen molar-refractivity contribution < 1.29 is 14.4 Å². The third-order valence-corrected chi connectivity index (χ3v) is 2.81. The van der Waals surface area contributed by atoms with Gasteiger partial charge in [-0.05, 0) is 16.8 Å². The van der Waals surface area contributed by atoms with Crippen LogP contribution in [0.2, 0.25) is 0 Å². The fourth-order valence-corrected chi connectivity index (χ4v) is 2.05. The lowest BCUT2D eigenvalue weighted by molar-refractivity contribution is 0.0955. The van der Waals surface area contributed by atoms with Crippen LogP contribution in [0, 0.1) is 0 Å². The number of hydrogen-bond acceptors (Lipinski definition) is 3. The molecule has 6 heteroatoms. The zero-order valence-corrected chi connectivity index (χ0v) is 9.84. The van der Waals surface area contributed by atoms with Crippen LogP contribution in [0.15, 0.2) is 30.3 Å². The first-order chi connectivity index (χ1) is 8.93. The Morgan fingerprint density at radius 1 is 0.789 bits per heavy atom. The monoisotopic (exact) mass is 257 g/mol. The molecule has 6 N–H and O–H groups in total. The van der Waals surface area contributed by atoms with Crippen LogP contribution in [-0.2, 0) is 0 Å². The Bertz CT molecular complexity index is 722. The lowest BCUT2D eigenvalue weighted by atomic mass is 9.93. The molecule has 2 aromatic carbocycles. The molecule has 0 aliphatic carbocycles. The van der Waals surface area contributed by atoms with Crippen LogP contribution in [0.1, 0.15) is 31.1 Å². The first kappa shape index (κ1) is 12.6. The van der Waals surface area contributed by atoms with Crippen LogP contribution in [0.4, 0.5) is 0 Å². The van der Waals surface area contributed by atoms with E-state index in [2.05, 4.69) is 0 Å². The fourth-order valence-electron chi connectivity index (χ4n) is 2.05. The summed E-state index contributed by atoms with van der Waals surface area (Å²) < 4.78 is 0. The van der Waals surface area contributed by atoms with Gasteiger partial charge in [0.05, 0.1) is 16.7 Å². The average molecular weight is 257 g/mol. The molecule has 0 aliphatic rings. The van der Waals surface area contributed by atoms with E-state index < -0.39 is 17.7 Å². The topological polar surface area (TPSA) is 129 Å². The third kappa shape index (κ3) is 1.99. The number of carbonyl (C=O) groups excluding carboxylic acids is 3. The Morgan fingerprint density at radius 2 is 1.37 bits per heavy atom. The van der Waals surface area contributed by atoms with Gasteiger partial charge in [0.25, 0.3) is 0 Å². The highest BCUT2D eigenvalue weighted by molar-refractivity contribution is 6.19. The number of rotatable bonds is 3. The number of carbonyl (C=O) groups is 3. The molecule has 96 valence electrons. The Hall–Kier alpha value is -2.89. The van der Waals surface area contributed by atoms with E-state index in [4.69, 9.17) is 17.2 Å². The predicted octanol–water partition coefficient (Wildman–Crippen LogP) is 0.137. The standard InChI is InChI=1S/C13H11N3O3/c14-11(17)8-5-6-3-1-2-4-7(6)9(12(15)18)10(8)13(16)19/h1-5H,(H2,14,17)(H2,15,18)(H2,16,19). The molecule has 0 bridgehead atoms. The zero-order chi connectivity index (χ0) is 14.2. The van der Waals surface area contributed by atoms with E-state index in [-0.39, 0.29) is 16.7 Å². The summed E-state index contributed by atoms with van der Waals surface area (Å²) in [7, 11) is 0. The van der Waals surface area contributed by atoms with E-state index in [9.17, 15) is 14.4 Å². The van der Waals surface area contributed by atoms with Gasteiger partial charge < -0.3 is 17.2 Å². The number of benzene rings is 2. The SMILES string of the molecule is NC(=O)c1cc2ccccc2c(C(N)=O)c1C(N)=O. The minimum atomic E-state index is -0.923. The quantitative estimate of drug-likeness (QED) is 0.722. The van der Waals surface area contributed by atoms with Crippen molar-refractivity contribution in [2.75, 3.05) is 0 Å². The second-order valence-corrected chi connectivity index (χ2v) is 3.99. The van der Waals surface area contributed by atoms with Crippen molar-refractivity contribution in [2.24, 2.45) is 17.2 Å². The molecule has 2 aromatic rings. The molecule has 6 nitrogen and oxygen atoms in total. The van der Waals surface area contributed by atoms with E-state index in [1.54, 1.807) is 24.3 Å². The van der Waals surface area contributed by atoms with Gasteiger partial charge in [-0.2, -0.15) is 0 Å². The molecule has 2 rings (SSSR count). The second kappa shape index (κ2) is 4.41. The molecule has 19 heavy (non-hydrogen) atoms. The summed E-state index contributed by atoms with van der Waals surface area (Å²) >= 11 is 0. The van der Waals surface area contributed by atoms with E-state index in [1.807, 2.05) is 0 Å². The Labute approximate surface area is 108 Å². The van der Waals surface area contributed by atoms with E-state index in [0.717, 1.165) is 0 Å². The minimum absolute atomic E-state index is 0.0839. The molecule has 0 fully saturated rings. The number of nitrogens with two attached hydrogens (primary N) is 3. The van der Waals surface area contributed by atoms with Crippen molar-refractivity contribution in [3.8, 4) is 0 Å². The highest BCUT2D eigenvalue weighted by Gasteiger charge is 2.23. The van der Waals surface area contributed by atoms with Gasteiger partial charge in [-0.1, -0.05) is 24.3 Å². The smallest absolute Gasteiger partial charge is 0.250 e. The third-order valence-electron chi connectivity index (χ3n) is 2.81. The number of primary amides is 3. The number of hydrogen-bond donors (Lipinski definition) is 3. The van der Waals surface area contributed by atoms with Crippen molar-refractivity contribution in [1.82, 2.24) is 0 Å². The second-order valence-electron chi connectivity index (χ2n) is 3.99. The fraction of sp³-hybridized carbons (Fsp3) is 0. The van der Waals surface area contributed by atoms with Gasteiger partial charge in [-0.15, -0.1) is 0 Å². The van der Waals surface area contributed by atoms with E-state index >= 15 is 0 Å². The maximum absolute atomic E-state index is 11.6. The summed E-state index contributed by atoms with van der Waals surface area (Å²) in [5, 5.41) is 1.03. The van der Waals surface area contributed by atoms with Crippen LogP contribution in [0.25, 0.3) is 10.8 Å². The molecule has 0 saturated heterocycles. The van der Waals surface area contributed by atoms with Crippen LogP contribution in [0.3, 0.4) is 0 Å². The molecule has 0 aromatic heterocycles. The molecule has 3 amide bonds. The van der Waals surface area contributed by atoms with Crippen molar-refractivity contribution in [3.63, 3.8) is 0 Å². The van der Waals surface area contributed by atoms with Gasteiger partial charge in [-0.25, -0.2) is 0 Å². The van der Waals surface area contributed by atoms with Gasteiger partial charge in [0.1, 0.15) is 0 Å². The summed E-state index contributed by atoms with van der Waals surface area (Å²) in [6.07, 6.45) is 0.